The molecule has 0 aromatic heterocycles. The average molecular weight is 799 g/mol. The van der Waals surface area contributed by atoms with E-state index in [2.05, 4.69) is 36.6 Å². The van der Waals surface area contributed by atoms with E-state index in [1.165, 1.54) is 0 Å². The van der Waals surface area contributed by atoms with Crippen LogP contribution >= 0.6 is 11.8 Å². The van der Waals surface area contributed by atoms with Crippen molar-refractivity contribution in [1.82, 2.24) is 31.5 Å². The molecule has 16 heteroatoms. The summed E-state index contributed by atoms with van der Waals surface area (Å²) in [5.74, 6) is 1.74. The minimum Gasteiger partial charge on any atom is -0.494 e. The van der Waals surface area contributed by atoms with Gasteiger partial charge < -0.3 is 41.0 Å². The summed E-state index contributed by atoms with van der Waals surface area (Å²) in [5.41, 5.74) is 9.86. The molecular weight excluding hydrogens is 747 g/mol. The second kappa shape index (κ2) is 20.0. The van der Waals surface area contributed by atoms with E-state index in [1.807, 2.05) is 72.2 Å². The molecule has 6 N–H and O–H groups in total. The van der Waals surface area contributed by atoms with E-state index in [0.29, 0.717) is 48.6 Å². The third-order valence-electron chi connectivity index (χ3n) is 10.4. The fourth-order valence-electron chi connectivity index (χ4n) is 7.36. The van der Waals surface area contributed by atoms with Crippen LogP contribution in [0.2, 0.25) is 0 Å². The zero-order chi connectivity index (χ0) is 40.1. The lowest BCUT2D eigenvalue weighted by Gasteiger charge is -2.29. The SMILES string of the molecule is C[C@H](NC(=O)Cc1ccc(N=[N+]=N)cc1)C(=O)N[C@@H]1CN(C)c2cc(OCCCCCNC(=O)CCC[C@@H]3SC[C@@H]4NC(=O)N[C@@H]43)ccc2O[C@@H]1c1ccccc1. The van der Waals surface area contributed by atoms with Gasteiger partial charge in [-0.25, -0.2) is 4.79 Å². The molecule has 0 aliphatic carbocycles. The molecule has 3 aliphatic heterocycles. The van der Waals surface area contributed by atoms with E-state index >= 15 is 0 Å². The van der Waals surface area contributed by atoms with Gasteiger partial charge in [0, 0.05) is 43.6 Å². The summed E-state index contributed by atoms with van der Waals surface area (Å²) in [6.07, 6.45) is 4.41. The molecule has 2 saturated heterocycles. The van der Waals surface area contributed by atoms with Gasteiger partial charge in [-0.3, -0.25) is 14.4 Å². The Morgan fingerprint density at radius 2 is 1.84 bits per heavy atom. The maximum atomic E-state index is 13.5. The summed E-state index contributed by atoms with van der Waals surface area (Å²) in [4.78, 5) is 55.4. The summed E-state index contributed by atoms with van der Waals surface area (Å²) < 4.78 is 12.8. The number of carbonyl (C=O) groups excluding carboxylic acids is 4. The molecule has 2 fully saturated rings. The van der Waals surface area contributed by atoms with Crippen molar-refractivity contribution in [1.29, 1.82) is 5.53 Å². The first-order chi connectivity index (χ1) is 27.7. The van der Waals surface area contributed by atoms with Crippen LogP contribution < -0.4 is 45.9 Å². The van der Waals surface area contributed by atoms with Crippen LogP contribution in [0, 0.1) is 5.53 Å². The number of anilines is 1. The Bertz CT molecular complexity index is 1910. The number of nitrogens with zero attached hydrogens (tertiary/aromatic N) is 3. The van der Waals surface area contributed by atoms with Gasteiger partial charge in [0.05, 0.1) is 36.8 Å². The molecule has 302 valence electrons. The van der Waals surface area contributed by atoms with Crippen LogP contribution in [0.25, 0.3) is 0 Å². The summed E-state index contributed by atoms with van der Waals surface area (Å²) in [6.45, 7) is 3.25. The Hall–Kier alpha value is -5.60. The zero-order valence-corrected chi connectivity index (χ0v) is 33.2. The van der Waals surface area contributed by atoms with Crippen LogP contribution in [0.15, 0.2) is 77.9 Å². The number of urea groups is 1. The third-order valence-corrected chi connectivity index (χ3v) is 11.9. The van der Waals surface area contributed by atoms with Crippen LogP contribution in [0.3, 0.4) is 0 Å². The Kier molecular flexibility index (Phi) is 14.4. The molecular formula is C41H52N9O6S+. The molecule has 3 aliphatic rings. The van der Waals surface area contributed by atoms with Crippen LogP contribution in [0.4, 0.5) is 16.2 Å². The monoisotopic (exact) mass is 798 g/mol. The van der Waals surface area contributed by atoms with Gasteiger partial charge >= 0.3 is 6.03 Å². The Labute approximate surface area is 337 Å². The number of fused-ring (bicyclic) bond motifs is 2. The van der Waals surface area contributed by atoms with E-state index in [0.717, 1.165) is 54.7 Å². The number of amides is 5. The molecule has 6 atom stereocenters. The van der Waals surface area contributed by atoms with E-state index in [4.69, 9.17) is 15.0 Å². The van der Waals surface area contributed by atoms with Crippen LogP contribution in [-0.4, -0.2) is 85.7 Å². The lowest BCUT2D eigenvalue weighted by atomic mass is 10.0. The van der Waals surface area contributed by atoms with Crippen molar-refractivity contribution in [3.63, 3.8) is 0 Å². The van der Waals surface area contributed by atoms with E-state index in [1.54, 1.807) is 31.2 Å². The maximum Gasteiger partial charge on any atom is 0.315 e. The zero-order valence-electron chi connectivity index (χ0n) is 32.4. The molecule has 5 amide bonds. The van der Waals surface area contributed by atoms with Crippen molar-refractivity contribution in [3.8, 4) is 11.5 Å². The number of hydrogen-bond donors (Lipinski definition) is 6. The first-order valence-electron chi connectivity index (χ1n) is 19.6. The van der Waals surface area contributed by atoms with Gasteiger partial charge in [0.15, 0.2) is 10.8 Å². The number of carbonyl (C=O) groups is 4. The second-order valence-electron chi connectivity index (χ2n) is 14.7. The fraction of sp³-hybridized carbons (Fsp3) is 0.463. The number of nitrogens with one attached hydrogen (secondary N) is 6. The van der Waals surface area contributed by atoms with Gasteiger partial charge in [0.1, 0.15) is 29.2 Å². The van der Waals surface area contributed by atoms with Gasteiger partial charge in [0.2, 0.25) is 22.6 Å². The topological polar surface area (TPSA) is 200 Å². The minimum atomic E-state index is -0.797. The lowest BCUT2D eigenvalue weighted by molar-refractivity contribution is -0.129. The summed E-state index contributed by atoms with van der Waals surface area (Å²) in [5, 5.41) is 18.9. The number of benzene rings is 3. The van der Waals surface area contributed by atoms with Gasteiger partial charge in [-0.15, -0.1) is 0 Å². The highest BCUT2D eigenvalue weighted by molar-refractivity contribution is 8.00. The van der Waals surface area contributed by atoms with Crippen molar-refractivity contribution in [2.75, 3.05) is 37.4 Å². The molecule has 3 aromatic carbocycles. The highest BCUT2D eigenvalue weighted by Gasteiger charge is 2.42. The van der Waals surface area contributed by atoms with Crippen LogP contribution in [-0.2, 0) is 20.8 Å². The smallest absolute Gasteiger partial charge is 0.315 e. The van der Waals surface area contributed by atoms with Crippen molar-refractivity contribution >= 4 is 46.9 Å². The quantitative estimate of drug-likeness (QED) is 0.0462. The third kappa shape index (κ3) is 11.5. The molecule has 6 rings (SSSR count). The highest BCUT2D eigenvalue weighted by atomic mass is 32.2. The van der Waals surface area contributed by atoms with Crippen LogP contribution in [0.5, 0.6) is 11.5 Å². The first-order valence-corrected chi connectivity index (χ1v) is 20.6. The number of ether oxygens (including phenoxy) is 2. The van der Waals surface area contributed by atoms with Crippen molar-refractivity contribution in [3.05, 3.63) is 83.9 Å². The number of hydrogen-bond acceptors (Lipinski definition) is 10. The second-order valence-corrected chi connectivity index (χ2v) is 16.0. The average Bonchev–Trinajstić information content (AvgIpc) is 3.72. The van der Waals surface area contributed by atoms with Gasteiger partial charge in [0.25, 0.3) is 0 Å². The Morgan fingerprint density at radius 3 is 2.63 bits per heavy atom. The molecule has 0 bridgehead atoms. The standard InChI is InChI=1S/C41H51N9O6S/c1-26(44-37(52)22-27-14-16-29(17-15-27)48-49-42)40(53)45-31-24-50(2)33-23-30(18-19-34(33)56-39(31)28-10-5-3-6-11-28)55-21-8-4-7-20-43-36(51)13-9-12-35-38-32(25-57-35)46-41(54)47-38/h3,5-6,10-11,14-19,23,26,31-32,35,38-39,42H,4,7-9,12-13,20-22,24-25H2,1-2H3,(H4-,43,44,45,46,47,51,52,53,54)/p+1/t26-,31+,32-,35-,38-,39+/m0/s1. The molecule has 3 aromatic rings. The van der Waals surface area contributed by atoms with Crippen molar-refractivity contribution < 1.29 is 28.7 Å². The molecule has 15 nitrogen and oxygen atoms in total. The minimum absolute atomic E-state index is 0.0679. The highest BCUT2D eigenvalue weighted by Crippen LogP contribution is 2.39. The summed E-state index contributed by atoms with van der Waals surface area (Å²) in [7, 11) is 1.95. The lowest BCUT2D eigenvalue weighted by Crippen LogP contribution is -2.53. The van der Waals surface area contributed by atoms with Crippen molar-refractivity contribution in [2.24, 2.45) is 5.11 Å². The number of rotatable bonds is 18. The molecule has 0 unspecified atom stereocenters. The van der Waals surface area contributed by atoms with E-state index in [9.17, 15) is 19.2 Å². The fourth-order valence-corrected chi connectivity index (χ4v) is 8.91. The molecule has 0 spiro atoms. The normalized spacial score (nSPS) is 21.3. The van der Waals surface area contributed by atoms with Gasteiger partial charge in [-0.05, 0) is 74.4 Å². The van der Waals surface area contributed by atoms with E-state index < -0.39 is 18.2 Å². The van der Waals surface area contributed by atoms with Gasteiger partial charge in [-0.2, -0.15) is 11.8 Å². The number of likely N-dealkylation sites (N-methyl/N-ethyl adjacent to an activating group) is 1. The molecule has 3 heterocycles. The van der Waals surface area contributed by atoms with E-state index in [-0.39, 0.29) is 42.3 Å². The number of thioether (sulfide) groups is 1. The largest absolute Gasteiger partial charge is 0.494 e. The first kappa shape index (κ1) is 41.0. The van der Waals surface area contributed by atoms with Crippen LogP contribution in [0.1, 0.15) is 62.7 Å². The number of unbranched alkanes of at least 4 members (excludes halogenated alkanes) is 2. The van der Waals surface area contributed by atoms with Gasteiger partial charge in [-0.1, -0.05) is 42.5 Å². The molecule has 57 heavy (non-hydrogen) atoms. The Balaban J connectivity index is 0.943. The molecule has 0 saturated carbocycles. The maximum absolute atomic E-state index is 13.5. The summed E-state index contributed by atoms with van der Waals surface area (Å²) >= 11 is 1.87. The predicted molar refractivity (Wildman–Crippen MR) is 218 cm³/mol. The predicted octanol–water partition coefficient (Wildman–Crippen LogP) is 4.67. The van der Waals surface area contributed by atoms with Crippen molar-refractivity contribution in [2.45, 2.75) is 87.4 Å². The molecule has 0 radical (unpaired) electrons. The Morgan fingerprint density at radius 1 is 1.04 bits per heavy atom. The summed E-state index contributed by atoms with van der Waals surface area (Å²) in [6, 6.07) is 21.4.